The van der Waals surface area contributed by atoms with Crippen LogP contribution in [0.5, 0.6) is 0 Å². The maximum atomic E-state index is 9.85. The summed E-state index contributed by atoms with van der Waals surface area (Å²) >= 11 is 0. The van der Waals surface area contributed by atoms with Crippen LogP contribution in [0.4, 0.5) is 0 Å². The summed E-state index contributed by atoms with van der Waals surface area (Å²) in [6, 6.07) is 9.83. The molecule has 1 rings (SSSR count). The summed E-state index contributed by atoms with van der Waals surface area (Å²) in [5, 5.41) is 19.7. The lowest BCUT2D eigenvalue weighted by molar-refractivity contribution is 0.00682. The Morgan fingerprint density at radius 2 is 1.95 bits per heavy atom. The summed E-state index contributed by atoms with van der Waals surface area (Å²) in [5.74, 6) is 0. The van der Waals surface area contributed by atoms with E-state index < -0.39 is 12.2 Å². The van der Waals surface area contributed by atoms with Crippen LogP contribution in [0.1, 0.15) is 32.3 Å². The molecule has 0 heterocycles. The maximum Gasteiger partial charge on any atom is 0.0801 e. The van der Waals surface area contributed by atoms with Gasteiger partial charge in [0.2, 0.25) is 0 Å². The molecule has 0 aromatic heterocycles. The molecule has 0 aliphatic rings. The second-order valence-electron chi connectivity index (χ2n) is 4.76. The van der Waals surface area contributed by atoms with Crippen molar-refractivity contribution in [2.24, 2.45) is 0 Å². The van der Waals surface area contributed by atoms with E-state index in [2.05, 4.69) is 0 Å². The van der Waals surface area contributed by atoms with Gasteiger partial charge in [0, 0.05) is 6.42 Å². The Labute approximate surface area is 115 Å². The van der Waals surface area contributed by atoms with Crippen LogP contribution in [0.2, 0.25) is 0 Å². The van der Waals surface area contributed by atoms with Crippen molar-refractivity contribution in [1.82, 2.24) is 0 Å². The molecular formula is C16H24O3. The van der Waals surface area contributed by atoms with Crippen molar-refractivity contribution in [3.05, 3.63) is 47.5 Å². The fourth-order valence-corrected chi connectivity index (χ4v) is 1.86. The van der Waals surface area contributed by atoms with Crippen LogP contribution in [0.15, 0.2) is 42.0 Å². The lowest BCUT2D eigenvalue weighted by atomic mass is 10.0. The predicted octanol–water partition coefficient (Wildman–Crippen LogP) is 2.67. The number of aliphatic hydroxyl groups is 2. The third-order valence-corrected chi connectivity index (χ3v) is 2.97. The first-order valence-corrected chi connectivity index (χ1v) is 6.78. The second kappa shape index (κ2) is 8.86. The molecule has 0 aliphatic carbocycles. The number of hydrogen-bond acceptors (Lipinski definition) is 3. The smallest absolute Gasteiger partial charge is 0.0801 e. The summed E-state index contributed by atoms with van der Waals surface area (Å²) in [6.45, 7) is 4.63. The number of rotatable bonds is 8. The van der Waals surface area contributed by atoms with Gasteiger partial charge >= 0.3 is 0 Å². The monoisotopic (exact) mass is 264 g/mol. The summed E-state index contributed by atoms with van der Waals surface area (Å²) in [4.78, 5) is 0. The van der Waals surface area contributed by atoms with Gasteiger partial charge in [-0.25, -0.2) is 0 Å². The van der Waals surface area contributed by atoms with Gasteiger partial charge in [-0.2, -0.15) is 0 Å². The highest BCUT2D eigenvalue weighted by molar-refractivity contribution is 5.13. The van der Waals surface area contributed by atoms with Crippen molar-refractivity contribution in [2.75, 3.05) is 6.61 Å². The van der Waals surface area contributed by atoms with Crippen LogP contribution < -0.4 is 0 Å². The fraction of sp³-hybridized carbons (Fsp3) is 0.500. The van der Waals surface area contributed by atoms with Gasteiger partial charge in [-0.3, -0.25) is 0 Å². The van der Waals surface area contributed by atoms with Crippen molar-refractivity contribution in [3.63, 3.8) is 0 Å². The van der Waals surface area contributed by atoms with E-state index in [0.717, 1.165) is 17.6 Å². The zero-order chi connectivity index (χ0) is 14.1. The average Bonchev–Trinajstić information content (AvgIpc) is 2.40. The Kier molecular flexibility index (Phi) is 7.41. The topological polar surface area (TPSA) is 49.7 Å². The SMILES string of the molecule is CC/C=C(\C)[C@@H](O)C[C@@H](O)COCc1ccccc1. The molecule has 0 aliphatic heterocycles. The summed E-state index contributed by atoms with van der Waals surface area (Å²) < 4.78 is 5.44. The Morgan fingerprint density at radius 3 is 2.58 bits per heavy atom. The van der Waals surface area contributed by atoms with Gasteiger partial charge in [-0.05, 0) is 24.5 Å². The first-order valence-electron chi connectivity index (χ1n) is 6.78. The first-order chi connectivity index (χ1) is 9.13. The van der Waals surface area contributed by atoms with Gasteiger partial charge in [-0.15, -0.1) is 0 Å². The molecule has 0 fully saturated rings. The lowest BCUT2D eigenvalue weighted by Crippen LogP contribution is -2.23. The van der Waals surface area contributed by atoms with E-state index in [-0.39, 0.29) is 6.61 Å². The predicted molar refractivity (Wildman–Crippen MR) is 76.8 cm³/mol. The van der Waals surface area contributed by atoms with Crippen LogP contribution in [0, 0.1) is 0 Å². The number of benzene rings is 1. The average molecular weight is 264 g/mol. The molecular weight excluding hydrogens is 240 g/mol. The van der Waals surface area contributed by atoms with Crippen molar-refractivity contribution in [2.45, 2.75) is 45.5 Å². The minimum absolute atomic E-state index is 0.241. The highest BCUT2D eigenvalue weighted by atomic mass is 16.5. The van der Waals surface area contributed by atoms with E-state index in [1.54, 1.807) is 0 Å². The van der Waals surface area contributed by atoms with Gasteiger partial charge in [0.05, 0.1) is 25.4 Å². The third-order valence-electron chi connectivity index (χ3n) is 2.97. The van der Waals surface area contributed by atoms with Gasteiger partial charge in [0.25, 0.3) is 0 Å². The molecule has 0 saturated carbocycles. The van der Waals surface area contributed by atoms with Crippen molar-refractivity contribution in [3.8, 4) is 0 Å². The molecule has 0 amide bonds. The summed E-state index contributed by atoms with van der Waals surface area (Å²) in [5.41, 5.74) is 1.99. The van der Waals surface area contributed by atoms with Crippen molar-refractivity contribution >= 4 is 0 Å². The van der Waals surface area contributed by atoms with Crippen LogP contribution in [0.3, 0.4) is 0 Å². The Hall–Kier alpha value is -1.16. The molecule has 0 unspecified atom stereocenters. The molecule has 3 heteroatoms. The van der Waals surface area contributed by atoms with E-state index >= 15 is 0 Å². The normalized spacial score (nSPS) is 15.3. The number of aliphatic hydroxyl groups excluding tert-OH is 2. The fourth-order valence-electron chi connectivity index (χ4n) is 1.86. The first kappa shape index (κ1) is 15.9. The van der Waals surface area contributed by atoms with E-state index in [0.29, 0.717) is 13.0 Å². The highest BCUT2D eigenvalue weighted by Gasteiger charge is 2.13. The molecule has 1 aromatic carbocycles. The molecule has 0 radical (unpaired) electrons. The van der Waals surface area contributed by atoms with Gasteiger partial charge in [-0.1, -0.05) is 43.3 Å². The number of allylic oxidation sites excluding steroid dienone is 1. The van der Waals surface area contributed by atoms with Crippen LogP contribution in [0.25, 0.3) is 0 Å². The van der Waals surface area contributed by atoms with Crippen LogP contribution >= 0.6 is 0 Å². The van der Waals surface area contributed by atoms with E-state index in [1.807, 2.05) is 50.3 Å². The molecule has 0 bridgehead atoms. The Balaban J connectivity index is 2.24. The van der Waals surface area contributed by atoms with Crippen LogP contribution in [-0.2, 0) is 11.3 Å². The summed E-state index contributed by atoms with van der Waals surface area (Å²) in [7, 11) is 0. The zero-order valence-electron chi connectivity index (χ0n) is 11.7. The maximum absolute atomic E-state index is 9.85. The molecule has 0 spiro atoms. The van der Waals surface area contributed by atoms with Gasteiger partial charge in [0.15, 0.2) is 0 Å². The quantitative estimate of drug-likeness (QED) is 0.710. The van der Waals surface area contributed by atoms with Gasteiger partial charge in [0.1, 0.15) is 0 Å². The van der Waals surface area contributed by atoms with Crippen LogP contribution in [-0.4, -0.2) is 29.0 Å². The molecule has 2 N–H and O–H groups in total. The van der Waals surface area contributed by atoms with E-state index in [4.69, 9.17) is 4.74 Å². The minimum atomic E-state index is -0.640. The van der Waals surface area contributed by atoms with Crippen molar-refractivity contribution in [1.29, 1.82) is 0 Å². The highest BCUT2D eigenvalue weighted by Crippen LogP contribution is 2.10. The molecule has 19 heavy (non-hydrogen) atoms. The largest absolute Gasteiger partial charge is 0.391 e. The molecule has 3 nitrogen and oxygen atoms in total. The molecule has 2 atom stereocenters. The molecule has 106 valence electrons. The lowest BCUT2D eigenvalue weighted by Gasteiger charge is -2.16. The molecule has 0 saturated heterocycles. The van der Waals surface area contributed by atoms with E-state index in [1.165, 1.54) is 0 Å². The van der Waals surface area contributed by atoms with E-state index in [9.17, 15) is 10.2 Å². The Bertz CT molecular complexity index is 373. The Morgan fingerprint density at radius 1 is 1.26 bits per heavy atom. The molecule has 1 aromatic rings. The number of ether oxygens (including phenoxy) is 1. The minimum Gasteiger partial charge on any atom is -0.391 e. The third kappa shape index (κ3) is 6.53. The van der Waals surface area contributed by atoms with Gasteiger partial charge < -0.3 is 14.9 Å². The summed E-state index contributed by atoms with van der Waals surface area (Å²) in [6.07, 6.45) is 1.96. The second-order valence-corrected chi connectivity index (χ2v) is 4.76. The van der Waals surface area contributed by atoms with Crippen molar-refractivity contribution < 1.29 is 14.9 Å². The zero-order valence-corrected chi connectivity index (χ0v) is 11.7. The number of hydrogen-bond donors (Lipinski definition) is 2. The standard InChI is InChI=1S/C16H24O3/c1-3-7-13(2)16(18)10-15(17)12-19-11-14-8-5-4-6-9-14/h4-9,15-18H,3,10-12H2,1-2H3/b13-7+/t15-,16+/m1/s1.